The number of hydrogen-bond donors (Lipinski definition) is 2. The molecule has 3 unspecified atom stereocenters. The van der Waals surface area contributed by atoms with Crippen LogP contribution in [0.15, 0.2) is 12.1 Å². The van der Waals surface area contributed by atoms with Crippen molar-refractivity contribution in [2.45, 2.75) is 51.3 Å². The van der Waals surface area contributed by atoms with E-state index in [0.717, 1.165) is 29.0 Å². The molecule has 2 heterocycles. The number of nitrogens with two attached hydrogens (primary N) is 1. The molecular formula is C16H22N2O3. The fraction of sp³-hybridized carbons (Fsp3) is 0.562. The Morgan fingerprint density at radius 2 is 2.29 bits per heavy atom. The van der Waals surface area contributed by atoms with Gasteiger partial charge in [-0.2, -0.15) is 0 Å². The molecule has 1 aromatic rings. The average Bonchev–Trinajstić information content (AvgIpc) is 2.80. The third-order valence-corrected chi connectivity index (χ3v) is 4.11. The van der Waals surface area contributed by atoms with Crippen molar-refractivity contribution >= 4 is 5.91 Å². The van der Waals surface area contributed by atoms with Crippen LogP contribution in [0.4, 0.5) is 0 Å². The molecule has 1 amide bonds. The van der Waals surface area contributed by atoms with Crippen LogP contribution in [-0.4, -0.2) is 24.7 Å². The van der Waals surface area contributed by atoms with E-state index in [2.05, 4.69) is 5.32 Å². The summed E-state index contributed by atoms with van der Waals surface area (Å²) in [5.74, 6) is 1.73. The van der Waals surface area contributed by atoms with Gasteiger partial charge in [-0.15, -0.1) is 0 Å². The van der Waals surface area contributed by atoms with Crippen molar-refractivity contribution in [1.29, 1.82) is 0 Å². The lowest BCUT2D eigenvalue weighted by Gasteiger charge is -2.31. The lowest BCUT2D eigenvalue weighted by molar-refractivity contribution is -0.123. The van der Waals surface area contributed by atoms with E-state index < -0.39 is 0 Å². The van der Waals surface area contributed by atoms with Crippen LogP contribution >= 0.6 is 0 Å². The summed E-state index contributed by atoms with van der Waals surface area (Å²) in [7, 11) is 0. The molecule has 21 heavy (non-hydrogen) atoms. The molecule has 5 heteroatoms. The summed E-state index contributed by atoms with van der Waals surface area (Å²) in [6, 6.07) is 3.71. The number of ether oxygens (including phenoxy) is 2. The number of nitrogens with one attached hydrogen (secondary N) is 1. The van der Waals surface area contributed by atoms with Crippen LogP contribution in [0.1, 0.15) is 43.9 Å². The second-order valence-corrected chi connectivity index (χ2v) is 5.81. The summed E-state index contributed by atoms with van der Waals surface area (Å²) in [5, 5.41) is 2.98. The largest absolute Gasteiger partial charge is 0.493 e. The summed E-state index contributed by atoms with van der Waals surface area (Å²) in [5.41, 5.74) is 8.28. The first kappa shape index (κ1) is 14.2. The molecule has 114 valence electrons. The number of carbonyl (C=O) groups is 1. The number of amides is 1. The summed E-state index contributed by atoms with van der Waals surface area (Å²) in [6.07, 6.45) is 2.24. The highest BCUT2D eigenvalue weighted by Gasteiger charge is 2.31. The van der Waals surface area contributed by atoms with Crippen molar-refractivity contribution in [3.63, 3.8) is 0 Å². The molecule has 5 nitrogen and oxygen atoms in total. The number of fused-ring (bicyclic) bond motifs is 1. The maximum atomic E-state index is 11.7. The van der Waals surface area contributed by atoms with Crippen LogP contribution in [0.5, 0.6) is 11.5 Å². The molecule has 2 aliphatic heterocycles. The number of hydrogen-bond acceptors (Lipinski definition) is 4. The van der Waals surface area contributed by atoms with Gasteiger partial charge in [-0.3, -0.25) is 4.79 Å². The van der Waals surface area contributed by atoms with Gasteiger partial charge < -0.3 is 20.5 Å². The average molecular weight is 290 g/mol. The van der Waals surface area contributed by atoms with Crippen molar-refractivity contribution in [1.82, 2.24) is 5.32 Å². The first-order valence-electron chi connectivity index (χ1n) is 7.59. The van der Waals surface area contributed by atoms with Gasteiger partial charge in [-0.05, 0) is 32.4 Å². The minimum absolute atomic E-state index is 0.0407. The van der Waals surface area contributed by atoms with Crippen LogP contribution < -0.4 is 20.5 Å². The van der Waals surface area contributed by atoms with E-state index in [1.165, 1.54) is 0 Å². The van der Waals surface area contributed by atoms with Crippen molar-refractivity contribution in [2.75, 3.05) is 6.61 Å². The molecule has 3 N–H and O–H groups in total. The monoisotopic (exact) mass is 290 g/mol. The maximum absolute atomic E-state index is 11.7. The SMILES string of the molecule is CCOc1cc2c(cc1C1NC(=O)CCC1N)OC(C)C2. The molecular weight excluding hydrogens is 268 g/mol. The minimum Gasteiger partial charge on any atom is -0.493 e. The second kappa shape index (κ2) is 5.56. The molecule has 0 spiro atoms. The van der Waals surface area contributed by atoms with Gasteiger partial charge in [0.05, 0.1) is 12.6 Å². The molecule has 2 aliphatic rings. The van der Waals surface area contributed by atoms with Gasteiger partial charge in [0.1, 0.15) is 17.6 Å². The fourth-order valence-electron chi connectivity index (χ4n) is 3.10. The van der Waals surface area contributed by atoms with Crippen LogP contribution in [0.2, 0.25) is 0 Å². The Kier molecular flexibility index (Phi) is 3.76. The van der Waals surface area contributed by atoms with Crippen molar-refractivity contribution < 1.29 is 14.3 Å². The van der Waals surface area contributed by atoms with E-state index >= 15 is 0 Å². The highest BCUT2D eigenvalue weighted by Crippen LogP contribution is 2.39. The van der Waals surface area contributed by atoms with E-state index in [-0.39, 0.29) is 24.1 Å². The van der Waals surface area contributed by atoms with Gasteiger partial charge in [0, 0.05) is 30.0 Å². The van der Waals surface area contributed by atoms with Crippen LogP contribution in [0.3, 0.4) is 0 Å². The molecule has 0 radical (unpaired) electrons. The molecule has 1 saturated heterocycles. The van der Waals surface area contributed by atoms with Crippen molar-refractivity contribution in [2.24, 2.45) is 5.73 Å². The Bertz CT molecular complexity index is 559. The van der Waals surface area contributed by atoms with E-state index in [0.29, 0.717) is 19.4 Å². The van der Waals surface area contributed by atoms with Crippen LogP contribution in [0.25, 0.3) is 0 Å². The molecule has 1 aromatic carbocycles. The molecule has 1 fully saturated rings. The number of rotatable bonds is 3. The molecule has 3 atom stereocenters. The topological polar surface area (TPSA) is 73.6 Å². The molecule has 0 aromatic heterocycles. The normalized spacial score (nSPS) is 27.8. The van der Waals surface area contributed by atoms with Gasteiger partial charge in [-0.25, -0.2) is 0 Å². The lowest BCUT2D eigenvalue weighted by Crippen LogP contribution is -2.45. The Balaban J connectivity index is 1.99. The first-order chi connectivity index (χ1) is 10.1. The zero-order valence-corrected chi connectivity index (χ0v) is 12.5. The number of carbonyl (C=O) groups excluding carboxylic acids is 1. The number of piperidine rings is 1. The maximum Gasteiger partial charge on any atom is 0.220 e. The predicted octanol–water partition coefficient (Wildman–Crippen LogP) is 1.69. The Hall–Kier alpha value is -1.75. The molecule has 3 rings (SSSR count). The van der Waals surface area contributed by atoms with Crippen molar-refractivity contribution in [3.8, 4) is 11.5 Å². The van der Waals surface area contributed by atoms with E-state index in [1.807, 2.05) is 26.0 Å². The van der Waals surface area contributed by atoms with Gasteiger partial charge >= 0.3 is 0 Å². The molecule has 0 bridgehead atoms. The summed E-state index contributed by atoms with van der Waals surface area (Å²) in [4.78, 5) is 11.7. The van der Waals surface area contributed by atoms with E-state index in [9.17, 15) is 4.79 Å². The molecule has 0 saturated carbocycles. The minimum atomic E-state index is -0.211. The first-order valence-corrected chi connectivity index (χ1v) is 7.59. The zero-order chi connectivity index (χ0) is 15.0. The smallest absolute Gasteiger partial charge is 0.220 e. The zero-order valence-electron chi connectivity index (χ0n) is 12.5. The third-order valence-electron chi connectivity index (χ3n) is 4.11. The van der Waals surface area contributed by atoms with Gasteiger partial charge in [0.2, 0.25) is 5.91 Å². The summed E-state index contributed by atoms with van der Waals surface area (Å²) < 4.78 is 11.6. The Morgan fingerprint density at radius 1 is 1.48 bits per heavy atom. The van der Waals surface area contributed by atoms with E-state index in [4.69, 9.17) is 15.2 Å². The van der Waals surface area contributed by atoms with Gasteiger partial charge in [0.15, 0.2) is 0 Å². The van der Waals surface area contributed by atoms with Crippen LogP contribution in [0, 0.1) is 0 Å². The van der Waals surface area contributed by atoms with E-state index in [1.54, 1.807) is 0 Å². The van der Waals surface area contributed by atoms with Crippen molar-refractivity contribution in [3.05, 3.63) is 23.3 Å². The van der Waals surface area contributed by atoms with Crippen LogP contribution in [-0.2, 0) is 11.2 Å². The second-order valence-electron chi connectivity index (χ2n) is 5.81. The highest BCUT2D eigenvalue weighted by atomic mass is 16.5. The molecule has 0 aliphatic carbocycles. The lowest BCUT2D eigenvalue weighted by atomic mass is 9.91. The predicted molar refractivity (Wildman–Crippen MR) is 79.5 cm³/mol. The quantitative estimate of drug-likeness (QED) is 0.888. The number of benzene rings is 1. The van der Waals surface area contributed by atoms with Gasteiger partial charge in [-0.1, -0.05) is 0 Å². The Morgan fingerprint density at radius 3 is 3.05 bits per heavy atom. The third kappa shape index (κ3) is 2.70. The van der Waals surface area contributed by atoms with Gasteiger partial charge in [0.25, 0.3) is 0 Å². The standard InChI is InChI=1S/C16H22N2O3/c1-3-20-14-7-10-6-9(2)21-13(10)8-11(14)16-12(17)4-5-15(19)18-16/h7-9,12,16H,3-6,17H2,1-2H3,(H,18,19). The fourth-order valence-corrected chi connectivity index (χ4v) is 3.10. The Labute approximate surface area is 124 Å². The summed E-state index contributed by atoms with van der Waals surface area (Å²) in [6.45, 7) is 4.59. The summed E-state index contributed by atoms with van der Waals surface area (Å²) >= 11 is 0. The highest BCUT2D eigenvalue weighted by molar-refractivity contribution is 5.78.